The topological polar surface area (TPSA) is 99.1 Å². The monoisotopic (exact) mass is 933 g/mol. The molecule has 0 amide bonds. The van der Waals surface area contributed by atoms with Crippen LogP contribution in [0.1, 0.15) is 277 Å². The van der Waals surface area contributed by atoms with Gasteiger partial charge in [-0.1, -0.05) is 244 Å². The van der Waals surface area contributed by atoms with Crippen molar-refractivity contribution in [2.75, 3.05) is 41.0 Å². The lowest BCUT2D eigenvalue weighted by atomic mass is 10.0. The zero-order valence-corrected chi connectivity index (χ0v) is 44.4. The Kier molecular flexibility index (Phi) is 47.6. The van der Waals surface area contributed by atoms with E-state index in [-0.39, 0.29) is 36.2 Å². The minimum Gasteiger partial charge on any atom is -0.477 e. The summed E-state index contributed by atoms with van der Waals surface area (Å²) in [5.41, 5.74) is 0. The number of hydrogen-bond acceptors (Lipinski definition) is 6. The number of likely N-dealkylation sites (N-methyl/N-ethyl adjacent to an activating group) is 1. The molecule has 0 aromatic heterocycles. The second kappa shape index (κ2) is 49.2. The molecule has 2 atom stereocenters. The number of carboxylic acid groups (broad SMARTS) is 1. The number of hydrogen-bond donors (Lipinski definition) is 1. The molecule has 0 saturated carbocycles. The molecule has 0 aliphatic carbocycles. The molecule has 0 aliphatic heterocycles. The first kappa shape index (κ1) is 63.8. The zero-order chi connectivity index (χ0) is 48.4. The third-order valence-corrected chi connectivity index (χ3v) is 13.1. The Morgan fingerprint density at radius 1 is 0.455 bits per heavy atom. The SMILES string of the molecule is CCCCC/C=C/C=C/CCCCCCCCCCCCC(=O)OC(COCCC(C(=O)O)[N+](C)(C)C)COC(=O)CCCCCCCCCCCCCCCCCCCCCCCCC. The molecule has 0 aromatic carbocycles. The maximum atomic E-state index is 12.8. The van der Waals surface area contributed by atoms with Crippen LogP contribution in [-0.2, 0) is 28.6 Å². The molecule has 0 radical (unpaired) electrons. The Balaban J connectivity index is 4.13. The molecule has 8 heteroatoms. The van der Waals surface area contributed by atoms with E-state index in [2.05, 4.69) is 38.2 Å². The number of carbonyl (C=O) groups is 3. The normalized spacial score (nSPS) is 12.9. The molecular weight excluding hydrogens is 823 g/mol. The van der Waals surface area contributed by atoms with E-state index in [9.17, 15) is 19.5 Å². The molecule has 0 bridgehead atoms. The zero-order valence-electron chi connectivity index (χ0n) is 44.4. The Morgan fingerprint density at radius 3 is 1.17 bits per heavy atom. The lowest BCUT2D eigenvalue weighted by molar-refractivity contribution is -0.887. The van der Waals surface area contributed by atoms with Gasteiger partial charge in [0.15, 0.2) is 12.1 Å². The summed E-state index contributed by atoms with van der Waals surface area (Å²) < 4.78 is 17.4. The minimum atomic E-state index is -0.871. The van der Waals surface area contributed by atoms with E-state index in [1.54, 1.807) is 0 Å². The standard InChI is InChI=1S/C58H109NO7/c1-6-8-10-12-14-16-18-20-22-24-26-27-28-29-31-32-34-36-38-40-42-44-46-48-56(60)65-53-54(52-64-51-50-55(58(62)63)59(3,4)5)66-57(61)49-47-45-43-41-39-37-35-33-30-25-23-21-19-17-15-13-11-9-7-2/h15,17,19,21,54-55H,6-14,16,18,20,22-53H2,1-5H3/p+1/b17-15+,21-19+. The van der Waals surface area contributed by atoms with Crippen molar-refractivity contribution in [2.24, 2.45) is 0 Å². The molecule has 0 saturated heterocycles. The number of carboxylic acids is 1. The van der Waals surface area contributed by atoms with Gasteiger partial charge < -0.3 is 23.8 Å². The first-order valence-electron chi connectivity index (χ1n) is 28.4. The van der Waals surface area contributed by atoms with Gasteiger partial charge in [0.05, 0.1) is 34.4 Å². The maximum absolute atomic E-state index is 12.8. The van der Waals surface area contributed by atoms with Crippen LogP contribution in [0.15, 0.2) is 24.3 Å². The number of esters is 2. The lowest BCUT2D eigenvalue weighted by Crippen LogP contribution is -2.50. The van der Waals surface area contributed by atoms with Crippen LogP contribution >= 0.6 is 0 Å². The summed E-state index contributed by atoms with van der Waals surface area (Å²) in [6.07, 6.45) is 58.1. The molecule has 388 valence electrons. The number of ether oxygens (including phenoxy) is 3. The highest BCUT2D eigenvalue weighted by atomic mass is 16.6. The molecule has 0 spiro atoms. The van der Waals surface area contributed by atoms with Crippen LogP contribution in [0.25, 0.3) is 0 Å². The Bertz CT molecular complexity index is 1130. The summed E-state index contributed by atoms with van der Waals surface area (Å²) in [5.74, 6) is -1.45. The van der Waals surface area contributed by atoms with Gasteiger partial charge in [0.1, 0.15) is 6.61 Å². The summed E-state index contributed by atoms with van der Waals surface area (Å²) >= 11 is 0. The van der Waals surface area contributed by atoms with Crippen LogP contribution in [0, 0.1) is 0 Å². The summed E-state index contributed by atoms with van der Waals surface area (Å²) in [6.45, 7) is 4.76. The molecular formula is C58H110NO7+. The molecule has 2 unspecified atom stereocenters. The third kappa shape index (κ3) is 46.9. The largest absolute Gasteiger partial charge is 0.477 e. The van der Waals surface area contributed by atoms with E-state index in [1.165, 1.54) is 205 Å². The van der Waals surface area contributed by atoms with E-state index in [0.29, 0.717) is 19.3 Å². The number of unbranched alkanes of at least 4 members (excludes halogenated alkanes) is 35. The van der Waals surface area contributed by atoms with Gasteiger partial charge in [-0.05, 0) is 38.5 Å². The summed E-state index contributed by atoms with van der Waals surface area (Å²) in [6, 6.07) is -0.613. The number of aliphatic carboxylic acids is 1. The fourth-order valence-electron chi connectivity index (χ4n) is 8.73. The second-order valence-electron chi connectivity index (χ2n) is 20.6. The van der Waals surface area contributed by atoms with E-state index < -0.39 is 18.1 Å². The van der Waals surface area contributed by atoms with E-state index in [1.807, 2.05) is 21.1 Å². The predicted octanol–water partition coefficient (Wildman–Crippen LogP) is 16.8. The number of quaternary nitrogens is 1. The highest BCUT2D eigenvalue weighted by molar-refractivity contribution is 5.72. The molecule has 8 nitrogen and oxygen atoms in total. The fourth-order valence-corrected chi connectivity index (χ4v) is 8.73. The van der Waals surface area contributed by atoms with E-state index in [0.717, 1.165) is 38.5 Å². The van der Waals surface area contributed by atoms with Gasteiger partial charge in [-0.2, -0.15) is 0 Å². The third-order valence-electron chi connectivity index (χ3n) is 13.1. The molecule has 0 fully saturated rings. The van der Waals surface area contributed by atoms with Crippen molar-refractivity contribution >= 4 is 17.9 Å². The second-order valence-corrected chi connectivity index (χ2v) is 20.6. The van der Waals surface area contributed by atoms with Gasteiger partial charge in [0.25, 0.3) is 0 Å². The number of carbonyl (C=O) groups excluding carboxylic acids is 2. The van der Waals surface area contributed by atoms with Gasteiger partial charge in [0.2, 0.25) is 0 Å². The maximum Gasteiger partial charge on any atom is 0.362 e. The smallest absolute Gasteiger partial charge is 0.362 e. The van der Waals surface area contributed by atoms with Crippen molar-refractivity contribution in [2.45, 2.75) is 289 Å². The Hall–Kier alpha value is -2.19. The van der Waals surface area contributed by atoms with Crippen LogP contribution in [0.3, 0.4) is 0 Å². The number of nitrogens with zero attached hydrogens (tertiary/aromatic N) is 1. The van der Waals surface area contributed by atoms with Gasteiger partial charge in [0, 0.05) is 19.3 Å². The van der Waals surface area contributed by atoms with Gasteiger partial charge in [-0.25, -0.2) is 4.79 Å². The molecule has 66 heavy (non-hydrogen) atoms. The van der Waals surface area contributed by atoms with E-state index in [4.69, 9.17) is 14.2 Å². The van der Waals surface area contributed by atoms with Crippen LogP contribution in [0.2, 0.25) is 0 Å². The average molecular weight is 934 g/mol. The summed E-state index contributed by atoms with van der Waals surface area (Å²) in [4.78, 5) is 37.3. The first-order chi connectivity index (χ1) is 32.1. The van der Waals surface area contributed by atoms with Crippen LogP contribution in [0.5, 0.6) is 0 Å². The van der Waals surface area contributed by atoms with Crippen LogP contribution in [-0.4, -0.2) is 80.6 Å². The Morgan fingerprint density at radius 2 is 0.788 bits per heavy atom. The van der Waals surface area contributed by atoms with Crippen LogP contribution in [0.4, 0.5) is 0 Å². The molecule has 1 N–H and O–H groups in total. The molecule has 0 rings (SSSR count). The fraction of sp³-hybridized carbons (Fsp3) is 0.879. The average Bonchev–Trinajstić information content (AvgIpc) is 3.28. The highest BCUT2D eigenvalue weighted by Gasteiger charge is 2.31. The number of rotatable bonds is 52. The highest BCUT2D eigenvalue weighted by Crippen LogP contribution is 2.17. The van der Waals surface area contributed by atoms with Crippen molar-refractivity contribution in [1.82, 2.24) is 0 Å². The number of allylic oxidation sites excluding steroid dienone is 4. The first-order valence-corrected chi connectivity index (χ1v) is 28.4. The van der Waals surface area contributed by atoms with Crippen molar-refractivity contribution in [3.63, 3.8) is 0 Å². The van der Waals surface area contributed by atoms with Crippen molar-refractivity contribution in [3.8, 4) is 0 Å². The molecule has 0 heterocycles. The summed E-state index contributed by atoms with van der Waals surface area (Å²) in [5, 5.41) is 9.67. The quantitative estimate of drug-likeness (QED) is 0.0281. The molecule has 0 aromatic rings. The van der Waals surface area contributed by atoms with Gasteiger partial charge in [-0.15, -0.1) is 0 Å². The van der Waals surface area contributed by atoms with Gasteiger partial charge in [-0.3, -0.25) is 9.59 Å². The van der Waals surface area contributed by atoms with Crippen molar-refractivity contribution in [3.05, 3.63) is 24.3 Å². The van der Waals surface area contributed by atoms with Gasteiger partial charge >= 0.3 is 17.9 Å². The van der Waals surface area contributed by atoms with E-state index >= 15 is 0 Å². The Labute approximate surface area is 409 Å². The lowest BCUT2D eigenvalue weighted by Gasteiger charge is -2.31. The van der Waals surface area contributed by atoms with Crippen molar-refractivity contribution in [1.29, 1.82) is 0 Å². The summed E-state index contributed by atoms with van der Waals surface area (Å²) in [7, 11) is 5.55. The van der Waals surface area contributed by atoms with Crippen LogP contribution < -0.4 is 0 Å². The van der Waals surface area contributed by atoms with Crippen molar-refractivity contribution < 1.29 is 38.2 Å². The predicted molar refractivity (Wildman–Crippen MR) is 280 cm³/mol. The minimum absolute atomic E-state index is 0.0468. The molecule has 0 aliphatic rings.